The Labute approximate surface area is 103 Å². The average molecular weight is 238 g/mol. The van der Waals surface area contributed by atoms with Crippen molar-refractivity contribution < 1.29 is 9.59 Å². The Kier molecular flexibility index (Phi) is 3.40. The maximum atomic E-state index is 12.5. The fourth-order valence-corrected chi connectivity index (χ4v) is 2.86. The van der Waals surface area contributed by atoms with Crippen LogP contribution in [0, 0.1) is 5.92 Å². The molecule has 1 saturated heterocycles. The Morgan fingerprint density at radius 3 is 2.59 bits per heavy atom. The van der Waals surface area contributed by atoms with Crippen LogP contribution in [0.25, 0.3) is 0 Å². The van der Waals surface area contributed by atoms with E-state index < -0.39 is 5.54 Å². The number of piperazine rings is 1. The van der Waals surface area contributed by atoms with Gasteiger partial charge in [0.15, 0.2) is 0 Å². The molecule has 2 amide bonds. The molecule has 4 nitrogen and oxygen atoms in total. The van der Waals surface area contributed by atoms with Crippen molar-refractivity contribution in [3.8, 4) is 0 Å². The van der Waals surface area contributed by atoms with Gasteiger partial charge in [-0.25, -0.2) is 0 Å². The van der Waals surface area contributed by atoms with Crippen LogP contribution in [-0.4, -0.2) is 35.3 Å². The summed E-state index contributed by atoms with van der Waals surface area (Å²) in [6.45, 7) is 4.90. The van der Waals surface area contributed by atoms with Gasteiger partial charge in [-0.2, -0.15) is 0 Å². The second kappa shape index (κ2) is 4.67. The summed E-state index contributed by atoms with van der Waals surface area (Å²) in [6, 6.07) is 0. The standard InChI is InChI=1S/C13H22N2O2/c1-13(2)12(17)14-8-9-15(13)11(16)10-6-4-3-5-7-10/h10H,3-9H2,1-2H3,(H,14,17). The van der Waals surface area contributed by atoms with Crippen LogP contribution in [0.5, 0.6) is 0 Å². The molecule has 0 aromatic carbocycles. The van der Waals surface area contributed by atoms with E-state index in [2.05, 4.69) is 5.32 Å². The lowest BCUT2D eigenvalue weighted by Crippen LogP contribution is -2.64. The molecule has 0 radical (unpaired) electrons. The molecule has 0 aromatic heterocycles. The number of carbonyl (C=O) groups is 2. The highest BCUT2D eigenvalue weighted by Gasteiger charge is 2.42. The number of nitrogens with zero attached hydrogens (tertiary/aromatic N) is 1. The van der Waals surface area contributed by atoms with E-state index in [1.165, 1.54) is 6.42 Å². The first-order valence-corrected chi connectivity index (χ1v) is 6.63. The van der Waals surface area contributed by atoms with Gasteiger partial charge in [0.1, 0.15) is 5.54 Å². The van der Waals surface area contributed by atoms with Crippen molar-refractivity contribution in [2.24, 2.45) is 5.92 Å². The van der Waals surface area contributed by atoms with Crippen LogP contribution in [-0.2, 0) is 9.59 Å². The number of amides is 2. The highest BCUT2D eigenvalue weighted by molar-refractivity contribution is 5.92. The quantitative estimate of drug-likeness (QED) is 0.748. The fourth-order valence-electron chi connectivity index (χ4n) is 2.86. The Morgan fingerprint density at radius 2 is 1.94 bits per heavy atom. The van der Waals surface area contributed by atoms with Crippen molar-refractivity contribution in [2.75, 3.05) is 13.1 Å². The third-order valence-corrected chi connectivity index (χ3v) is 4.07. The molecular weight excluding hydrogens is 216 g/mol. The van der Waals surface area contributed by atoms with Crippen LogP contribution in [0.15, 0.2) is 0 Å². The normalized spacial score (nSPS) is 25.5. The molecule has 0 aromatic rings. The minimum Gasteiger partial charge on any atom is -0.352 e. The smallest absolute Gasteiger partial charge is 0.245 e. The predicted octanol–water partition coefficient (Wildman–Crippen LogP) is 1.30. The van der Waals surface area contributed by atoms with Crippen molar-refractivity contribution in [3.05, 3.63) is 0 Å². The van der Waals surface area contributed by atoms with E-state index in [0.29, 0.717) is 13.1 Å². The molecule has 2 rings (SSSR count). The second-order valence-electron chi connectivity index (χ2n) is 5.64. The van der Waals surface area contributed by atoms with Crippen LogP contribution in [0.1, 0.15) is 46.0 Å². The average Bonchev–Trinajstić information content (AvgIpc) is 2.33. The largest absolute Gasteiger partial charge is 0.352 e. The van der Waals surface area contributed by atoms with Crippen LogP contribution < -0.4 is 5.32 Å². The van der Waals surface area contributed by atoms with E-state index in [1.807, 2.05) is 13.8 Å². The second-order valence-corrected chi connectivity index (χ2v) is 5.64. The van der Waals surface area contributed by atoms with Crippen LogP contribution in [0.4, 0.5) is 0 Å². The molecule has 1 heterocycles. The van der Waals surface area contributed by atoms with Gasteiger partial charge in [0, 0.05) is 19.0 Å². The third-order valence-electron chi connectivity index (χ3n) is 4.07. The minimum absolute atomic E-state index is 0.0343. The lowest BCUT2D eigenvalue weighted by molar-refractivity contribution is -0.152. The number of hydrogen-bond donors (Lipinski definition) is 1. The zero-order valence-electron chi connectivity index (χ0n) is 10.8. The molecule has 4 heteroatoms. The third kappa shape index (κ3) is 2.31. The molecule has 0 spiro atoms. The predicted molar refractivity (Wildman–Crippen MR) is 65.4 cm³/mol. The highest BCUT2D eigenvalue weighted by atomic mass is 16.2. The van der Waals surface area contributed by atoms with Gasteiger partial charge in [-0.1, -0.05) is 19.3 Å². The first-order valence-electron chi connectivity index (χ1n) is 6.63. The summed E-state index contributed by atoms with van der Waals surface area (Å²) in [5, 5.41) is 2.83. The maximum absolute atomic E-state index is 12.5. The summed E-state index contributed by atoms with van der Waals surface area (Å²) in [6.07, 6.45) is 5.53. The van der Waals surface area contributed by atoms with E-state index in [1.54, 1.807) is 4.90 Å². The van der Waals surface area contributed by atoms with Gasteiger partial charge in [-0.15, -0.1) is 0 Å². The zero-order chi connectivity index (χ0) is 12.5. The van der Waals surface area contributed by atoms with Gasteiger partial charge in [0.2, 0.25) is 11.8 Å². The summed E-state index contributed by atoms with van der Waals surface area (Å²) in [5.41, 5.74) is -0.688. The fraction of sp³-hybridized carbons (Fsp3) is 0.846. The highest BCUT2D eigenvalue weighted by Crippen LogP contribution is 2.28. The van der Waals surface area contributed by atoms with E-state index in [4.69, 9.17) is 0 Å². The number of carbonyl (C=O) groups excluding carboxylic acids is 2. The molecule has 1 N–H and O–H groups in total. The molecule has 1 aliphatic carbocycles. The monoisotopic (exact) mass is 238 g/mol. The van der Waals surface area contributed by atoms with Crippen molar-refractivity contribution in [1.82, 2.24) is 10.2 Å². The topological polar surface area (TPSA) is 49.4 Å². The van der Waals surface area contributed by atoms with Gasteiger partial charge < -0.3 is 10.2 Å². The molecule has 1 saturated carbocycles. The Hall–Kier alpha value is -1.06. The van der Waals surface area contributed by atoms with E-state index in [-0.39, 0.29) is 17.7 Å². The van der Waals surface area contributed by atoms with Gasteiger partial charge in [-0.05, 0) is 26.7 Å². The first kappa shape index (κ1) is 12.4. The Balaban J connectivity index is 2.09. The SMILES string of the molecule is CC1(C)C(=O)NCCN1C(=O)C1CCCCC1. The van der Waals surface area contributed by atoms with Crippen LogP contribution in [0.3, 0.4) is 0 Å². The van der Waals surface area contributed by atoms with Gasteiger partial charge >= 0.3 is 0 Å². The molecular formula is C13H22N2O2. The van der Waals surface area contributed by atoms with Crippen molar-refractivity contribution in [3.63, 3.8) is 0 Å². The van der Waals surface area contributed by atoms with Gasteiger partial charge in [0.25, 0.3) is 0 Å². The summed E-state index contributed by atoms with van der Waals surface area (Å²) in [5.74, 6) is 0.298. The first-order chi connectivity index (χ1) is 8.03. The Morgan fingerprint density at radius 1 is 1.29 bits per heavy atom. The molecule has 2 fully saturated rings. The van der Waals surface area contributed by atoms with Crippen LogP contribution in [0.2, 0.25) is 0 Å². The molecule has 2 aliphatic rings. The van der Waals surface area contributed by atoms with E-state index in [9.17, 15) is 9.59 Å². The molecule has 0 unspecified atom stereocenters. The van der Waals surface area contributed by atoms with E-state index >= 15 is 0 Å². The summed E-state index contributed by atoms with van der Waals surface area (Å²) in [4.78, 5) is 26.0. The van der Waals surface area contributed by atoms with Crippen molar-refractivity contribution in [2.45, 2.75) is 51.5 Å². The molecule has 1 aliphatic heterocycles. The molecule has 0 bridgehead atoms. The van der Waals surface area contributed by atoms with Crippen LogP contribution >= 0.6 is 0 Å². The molecule has 96 valence electrons. The molecule has 17 heavy (non-hydrogen) atoms. The summed E-state index contributed by atoms with van der Waals surface area (Å²) >= 11 is 0. The minimum atomic E-state index is -0.688. The van der Waals surface area contributed by atoms with Gasteiger partial charge in [0.05, 0.1) is 0 Å². The number of nitrogens with one attached hydrogen (secondary N) is 1. The Bertz CT molecular complexity index is 319. The maximum Gasteiger partial charge on any atom is 0.245 e. The summed E-state index contributed by atoms with van der Waals surface area (Å²) in [7, 11) is 0. The number of rotatable bonds is 1. The van der Waals surface area contributed by atoms with Crippen molar-refractivity contribution >= 4 is 11.8 Å². The number of hydrogen-bond acceptors (Lipinski definition) is 2. The van der Waals surface area contributed by atoms with Gasteiger partial charge in [-0.3, -0.25) is 9.59 Å². The molecule has 0 atom stereocenters. The summed E-state index contributed by atoms with van der Waals surface area (Å²) < 4.78 is 0. The van der Waals surface area contributed by atoms with E-state index in [0.717, 1.165) is 25.7 Å². The lowest BCUT2D eigenvalue weighted by atomic mass is 9.86. The lowest BCUT2D eigenvalue weighted by Gasteiger charge is -2.43. The zero-order valence-corrected chi connectivity index (χ0v) is 10.8. The van der Waals surface area contributed by atoms with Crippen molar-refractivity contribution in [1.29, 1.82) is 0 Å².